The summed E-state index contributed by atoms with van der Waals surface area (Å²) in [6.45, 7) is 15.4. The highest BCUT2D eigenvalue weighted by molar-refractivity contribution is 6.74. The molecule has 0 amide bonds. The number of fused-ring (bicyclic) bond motifs is 3. The van der Waals surface area contributed by atoms with Gasteiger partial charge in [-0.2, -0.15) is 0 Å². The molecule has 3 saturated heterocycles. The quantitative estimate of drug-likeness (QED) is 0.150. The molecule has 9 nitrogen and oxygen atoms in total. The number of carbonyl (C=O) groups excluding carboxylic acids is 2. The SMILES string of the molecule is CCC1(CC)O[C@@H]2[C@H](O1)[C@H]([C@H](/C=C/C(=O)COCc1ccccc1)O[Si](C)(C)C(C)(C)C)O[C@H]1CC[C@H](CC(=O)OC)O[C@H]21. The van der Waals surface area contributed by atoms with Crippen LogP contribution in [0.2, 0.25) is 18.1 Å². The number of carbonyl (C=O) groups is 2. The van der Waals surface area contributed by atoms with E-state index in [0.29, 0.717) is 32.3 Å². The normalized spacial score (nSPS) is 29.2. The summed E-state index contributed by atoms with van der Waals surface area (Å²) >= 11 is 0. The lowest BCUT2D eigenvalue weighted by Crippen LogP contribution is -2.63. The van der Waals surface area contributed by atoms with Crippen LogP contribution in [0.3, 0.4) is 0 Å². The van der Waals surface area contributed by atoms with Crippen molar-refractivity contribution < 1.29 is 42.4 Å². The Balaban J connectivity index is 1.58. The standard InChI is InChI=1S/C34H52O9Si/c1-9-34(10-2)41-31-29-26(19-17-25(39-29)20-28(36)37-6)40-30(32(31)42-34)27(43-44(7,8)33(3,4)5)18-16-24(35)22-38-21-23-14-12-11-13-15-23/h11-16,18,25-27,29-32H,9-10,17,19-22H2,1-8H3/b18-16+/t25-,26+,27+,29+,30+,31+,32-/m1/s1. The minimum atomic E-state index is -2.32. The minimum Gasteiger partial charge on any atom is -0.469 e. The molecule has 4 rings (SSSR count). The maximum atomic E-state index is 13.0. The lowest BCUT2D eigenvalue weighted by Gasteiger charge is -2.49. The molecule has 0 bridgehead atoms. The van der Waals surface area contributed by atoms with E-state index in [1.807, 2.05) is 50.3 Å². The summed E-state index contributed by atoms with van der Waals surface area (Å²) < 4.78 is 44.3. The predicted octanol–water partition coefficient (Wildman–Crippen LogP) is 5.90. The van der Waals surface area contributed by atoms with E-state index in [1.165, 1.54) is 7.11 Å². The summed E-state index contributed by atoms with van der Waals surface area (Å²) in [6, 6.07) is 9.78. The highest BCUT2D eigenvalue weighted by atomic mass is 28.4. The largest absolute Gasteiger partial charge is 0.469 e. The number of ether oxygens (including phenoxy) is 6. The first-order valence-electron chi connectivity index (χ1n) is 16.0. The average Bonchev–Trinajstić information content (AvgIpc) is 3.40. The van der Waals surface area contributed by atoms with Crippen molar-refractivity contribution >= 4 is 20.1 Å². The molecule has 3 heterocycles. The van der Waals surface area contributed by atoms with Gasteiger partial charge in [-0.1, -0.05) is 71.0 Å². The van der Waals surface area contributed by atoms with Gasteiger partial charge in [0, 0.05) is 0 Å². The van der Waals surface area contributed by atoms with Crippen LogP contribution in [-0.2, 0) is 49.0 Å². The number of ketones is 1. The first-order valence-corrected chi connectivity index (χ1v) is 19.0. The maximum absolute atomic E-state index is 13.0. The molecule has 3 fully saturated rings. The Morgan fingerprint density at radius 2 is 1.70 bits per heavy atom. The van der Waals surface area contributed by atoms with Crippen molar-refractivity contribution in [2.45, 2.75) is 140 Å². The van der Waals surface area contributed by atoms with E-state index in [-0.39, 0.29) is 42.0 Å². The van der Waals surface area contributed by atoms with Gasteiger partial charge in [-0.3, -0.25) is 9.59 Å². The van der Waals surface area contributed by atoms with Gasteiger partial charge in [0.15, 0.2) is 19.9 Å². The van der Waals surface area contributed by atoms with E-state index in [9.17, 15) is 9.59 Å². The van der Waals surface area contributed by atoms with E-state index in [4.69, 9.17) is 32.8 Å². The molecule has 1 aromatic rings. The average molecular weight is 633 g/mol. The van der Waals surface area contributed by atoms with Gasteiger partial charge in [0.25, 0.3) is 0 Å². The van der Waals surface area contributed by atoms with Crippen LogP contribution in [0.5, 0.6) is 0 Å². The molecule has 3 aliphatic heterocycles. The monoisotopic (exact) mass is 632 g/mol. The van der Waals surface area contributed by atoms with E-state index >= 15 is 0 Å². The molecule has 0 unspecified atom stereocenters. The number of hydrogen-bond donors (Lipinski definition) is 0. The number of esters is 1. The summed E-state index contributed by atoms with van der Waals surface area (Å²) in [5.41, 5.74) is 1.01. The third kappa shape index (κ3) is 8.26. The molecule has 1 aromatic carbocycles. The van der Waals surface area contributed by atoms with Crippen LogP contribution in [0.4, 0.5) is 0 Å². The minimum absolute atomic E-state index is 0.0374. The van der Waals surface area contributed by atoms with Crippen molar-refractivity contribution in [1.29, 1.82) is 0 Å². The molecule has 3 aliphatic rings. The number of rotatable bonds is 13. The number of methoxy groups -OCH3 is 1. The van der Waals surface area contributed by atoms with Gasteiger partial charge in [-0.25, -0.2) is 0 Å². The fourth-order valence-corrected chi connectivity index (χ4v) is 7.11. The number of benzene rings is 1. The fourth-order valence-electron chi connectivity index (χ4n) is 5.87. The second-order valence-electron chi connectivity index (χ2n) is 13.6. The maximum Gasteiger partial charge on any atom is 0.308 e. The van der Waals surface area contributed by atoms with Crippen LogP contribution in [0, 0.1) is 0 Å². The van der Waals surface area contributed by atoms with Crippen LogP contribution in [0.25, 0.3) is 0 Å². The summed E-state index contributed by atoms with van der Waals surface area (Å²) in [6.07, 6.45) is 3.31. The van der Waals surface area contributed by atoms with Gasteiger partial charge >= 0.3 is 5.97 Å². The Morgan fingerprint density at radius 1 is 1.02 bits per heavy atom. The van der Waals surface area contributed by atoms with Crippen LogP contribution >= 0.6 is 0 Å². The van der Waals surface area contributed by atoms with Crippen LogP contribution in [-0.4, -0.2) is 82.3 Å². The molecule has 10 heteroatoms. The van der Waals surface area contributed by atoms with E-state index < -0.39 is 44.6 Å². The zero-order chi connectivity index (χ0) is 32.1. The topological polar surface area (TPSA) is 98.8 Å². The lowest BCUT2D eigenvalue weighted by atomic mass is 9.87. The zero-order valence-electron chi connectivity index (χ0n) is 27.7. The van der Waals surface area contributed by atoms with Crippen LogP contribution < -0.4 is 0 Å². The van der Waals surface area contributed by atoms with Gasteiger partial charge in [-0.05, 0) is 55.5 Å². The summed E-state index contributed by atoms with van der Waals surface area (Å²) in [4.78, 5) is 25.0. The van der Waals surface area contributed by atoms with Crippen LogP contribution in [0.15, 0.2) is 42.5 Å². The molecular formula is C34H52O9Si. The Morgan fingerprint density at radius 3 is 2.34 bits per heavy atom. The third-order valence-corrected chi connectivity index (χ3v) is 14.1. The molecule has 7 atom stereocenters. The van der Waals surface area contributed by atoms with Crippen molar-refractivity contribution in [3.63, 3.8) is 0 Å². The van der Waals surface area contributed by atoms with E-state index in [2.05, 4.69) is 33.9 Å². The highest BCUT2D eigenvalue weighted by Gasteiger charge is 2.60. The first kappa shape index (κ1) is 34.9. The molecule has 0 aliphatic carbocycles. The molecule has 246 valence electrons. The van der Waals surface area contributed by atoms with Crippen molar-refractivity contribution in [2.24, 2.45) is 0 Å². The Labute approximate surface area is 264 Å². The molecular weight excluding hydrogens is 580 g/mol. The number of hydrogen-bond acceptors (Lipinski definition) is 9. The summed E-state index contributed by atoms with van der Waals surface area (Å²) in [7, 11) is -0.932. The van der Waals surface area contributed by atoms with Gasteiger partial charge in [0.05, 0.1) is 38.4 Å². The molecule has 0 spiro atoms. The van der Waals surface area contributed by atoms with Crippen molar-refractivity contribution in [3.05, 3.63) is 48.0 Å². The van der Waals surface area contributed by atoms with Gasteiger partial charge < -0.3 is 32.8 Å². The molecule has 44 heavy (non-hydrogen) atoms. The molecule has 0 aromatic heterocycles. The van der Waals surface area contributed by atoms with Gasteiger partial charge in [0.1, 0.15) is 31.0 Å². The first-order chi connectivity index (χ1) is 20.8. The molecule has 0 N–H and O–H groups in total. The summed E-state index contributed by atoms with van der Waals surface area (Å²) in [5.74, 6) is -1.23. The lowest BCUT2D eigenvalue weighted by molar-refractivity contribution is -0.249. The Bertz CT molecular complexity index is 1130. The predicted molar refractivity (Wildman–Crippen MR) is 169 cm³/mol. The third-order valence-electron chi connectivity index (χ3n) is 9.58. The van der Waals surface area contributed by atoms with E-state index in [0.717, 1.165) is 5.56 Å². The van der Waals surface area contributed by atoms with Crippen molar-refractivity contribution in [1.82, 2.24) is 0 Å². The van der Waals surface area contributed by atoms with Crippen molar-refractivity contribution in [2.75, 3.05) is 13.7 Å². The smallest absolute Gasteiger partial charge is 0.308 e. The second-order valence-corrected chi connectivity index (χ2v) is 18.4. The fraction of sp³-hybridized carbons (Fsp3) is 0.706. The summed E-state index contributed by atoms with van der Waals surface area (Å²) in [5, 5.41) is -0.0722. The second kappa shape index (κ2) is 14.7. The molecule has 0 radical (unpaired) electrons. The highest BCUT2D eigenvalue weighted by Crippen LogP contribution is 2.47. The van der Waals surface area contributed by atoms with Gasteiger partial charge in [0.2, 0.25) is 0 Å². The Kier molecular flexibility index (Phi) is 11.6. The zero-order valence-corrected chi connectivity index (χ0v) is 28.7. The van der Waals surface area contributed by atoms with Gasteiger partial charge in [-0.15, -0.1) is 0 Å². The van der Waals surface area contributed by atoms with Crippen molar-refractivity contribution in [3.8, 4) is 0 Å². The molecule has 0 saturated carbocycles. The van der Waals surface area contributed by atoms with Crippen LogP contribution in [0.1, 0.15) is 72.3 Å². The van der Waals surface area contributed by atoms with E-state index in [1.54, 1.807) is 6.08 Å². The Hall–Kier alpha value is -1.92.